The van der Waals surface area contributed by atoms with Crippen molar-refractivity contribution in [3.63, 3.8) is 0 Å². The van der Waals surface area contributed by atoms with Crippen molar-refractivity contribution < 1.29 is 14.5 Å². The molecular formula is C13H18N4O4. The molecule has 114 valence electrons. The van der Waals surface area contributed by atoms with E-state index in [0.717, 1.165) is 0 Å². The standard InChI is InChI=1S/C13H18N4O4/c1-15-10-8-9(5-6-11(10)17(20)21)13(19)16-7-3-2-4-12(14)18/h5-6,8,15H,2-4,7H2,1H3,(H2,14,18)(H,16,19). The van der Waals surface area contributed by atoms with Crippen LogP contribution in [-0.4, -0.2) is 30.3 Å². The molecule has 1 rings (SSSR count). The van der Waals surface area contributed by atoms with Gasteiger partial charge in [-0.15, -0.1) is 0 Å². The molecule has 8 heteroatoms. The fourth-order valence-corrected chi connectivity index (χ4v) is 1.76. The maximum Gasteiger partial charge on any atom is 0.292 e. The Hall–Kier alpha value is -2.64. The van der Waals surface area contributed by atoms with Crippen LogP contribution in [0.25, 0.3) is 0 Å². The molecule has 0 aromatic heterocycles. The maximum atomic E-state index is 11.9. The molecule has 0 heterocycles. The average Bonchev–Trinajstić information content (AvgIpc) is 2.45. The minimum Gasteiger partial charge on any atom is -0.383 e. The molecule has 0 atom stereocenters. The average molecular weight is 294 g/mol. The van der Waals surface area contributed by atoms with Crippen LogP contribution in [0.3, 0.4) is 0 Å². The molecule has 2 amide bonds. The number of unbranched alkanes of at least 4 members (excludes halogenated alkanes) is 1. The zero-order chi connectivity index (χ0) is 15.8. The highest BCUT2D eigenvalue weighted by atomic mass is 16.6. The number of nitrogens with one attached hydrogen (secondary N) is 2. The lowest BCUT2D eigenvalue weighted by Crippen LogP contribution is -2.24. The molecule has 1 aromatic rings. The first-order valence-electron chi connectivity index (χ1n) is 6.48. The molecule has 0 bridgehead atoms. The van der Waals surface area contributed by atoms with E-state index in [1.807, 2.05) is 0 Å². The van der Waals surface area contributed by atoms with Crippen molar-refractivity contribution in [2.45, 2.75) is 19.3 Å². The van der Waals surface area contributed by atoms with Crippen molar-refractivity contribution >= 4 is 23.2 Å². The third kappa shape index (κ3) is 5.09. The Kier molecular flexibility index (Phi) is 6.12. The van der Waals surface area contributed by atoms with Crippen LogP contribution in [0, 0.1) is 10.1 Å². The minimum absolute atomic E-state index is 0.0875. The second-order valence-electron chi connectivity index (χ2n) is 4.42. The summed E-state index contributed by atoms with van der Waals surface area (Å²) in [6, 6.07) is 4.11. The smallest absolute Gasteiger partial charge is 0.292 e. The third-order valence-electron chi connectivity index (χ3n) is 2.86. The van der Waals surface area contributed by atoms with Gasteiger partial charge in [0.15, 0.2) is 0 Å². The predicted octanol–water partition coefficient (Wildman–Crippen LogP) is 1.02. The summed E-state index contributed by atoms with van der Waals surface area (Å²) >= 11 is 0. The van der Waals surface area contributed by atoms with Crippen LogP contribution in [0.2, 0.25) is 0 Å². The predicted molar refractivity (Wildman–Crippen MR) is 78.0 cm³/mol. The molecule has 0 aliphatic heterocycles. The zero-order valence-corrected chi connectivity index (χ0v) is 11.7. The number of nitrogens with two attached hydrogens (primary N) is 1. The monoisotopic (exact) mass is 294 g/mol. The summed E-state index contributed by atoms with van der Waals surface area (Å²) in [7, 11) is 1.55. The van der Waals surface area contributed by atoms with Gasteiger partial charge in [0.2, 0.25) is 5.91 Å². The highest BCUT2D eigenvalue weighted by Gasteiger charge is 2.15. The van der Waals surface area contributed by atoms with Gasteiger partial charge in [0.05, 0.1) is 4.92 Å². The van der Waals surface area contributed by atoms with Gasteiger partial charge in [0, 0.05) is 31.6 Å². The van der Waals surface area contributed by atoms with Crippen molar-refractivity contribution in [1.82, 2.24) is 5.32 Å². The number of primary amides is 1. The molecule has 0 saturated heterocycles. The van der Waals surface area contributed by atoms with Crippen LogP contribution in [-0.2, 0) is 4.79 Å². The number of anilines is 1. The zero-order valence-electron chi connectivity index (χ0n) is 11.7. The molecule has 0 spiro atoms. The van der Waals surface area contributed by atoms with Crippen LogP contribution in [0.15, 0.2) is 18.2 Å². The highest BCUT2D eigenvalue weighted by molar-refractivity contribution is 5.95. The van der Waals surface area contributed by atoms with E-state index in [0.29, 0.717) is 24.9 Å². The van der Waals surface area contributed by atoms with E-state index in [9.17, 15) is 19.7 Å². The molecule has 4 N–H and O–H groups in total. The fraction of sp³-hybridized carbons (Fsp3) is 0.385. The van der Waals surface area contributed by atoms with Crippen molar-refractivity contribution in [1.29, 1.82) is 0 Å². The molecule has 0 fully saturated rings. The first kappa shape index (κ1) is 16.4. The van der Waals surface area contributed by atoms with E-state index in [4.69, 9.17) is 5.73 Å². The third-order valence-corrected chi connectivity index (χ3v) is 2.86. The molecule has 0 radical (unpaired) electrons. The Morgan fingerprint density at radius 2 is 2.05 bits per heavy atom. The summed E-state index contributed by atoms with van der Waals surface area (Å²) in [6.07, 6.45) is 1.54. The van der Waals surface area contributed by atoms with Gasteiger partial charge in [-0.3, -0.25) is 19.7 Å². The number of nitro groups is 1. The van der Waals surface area contributed by atoms with Gasteiger partial charge in [0.1, 0.15) is 5.69 Å². The summed E-state index contributed by atoms with van der Waals surface area (Å²) in [5, 5.41) is 16.2. The molecular weight excluding hydrogens is 276 g/mol. The van der Waals surface area contributed by atoms with E-state index in [-0.39, 0.29) is 29.6 Å². The van der Waals surface area contributed by atoms with E-state index in [1.165, 1.54) is 18.2 Å². The van der Waals surface area contributed by atoms with Crippen LogP contribution < -0.4 is 16.4 Å². The molecule has 0 aliphatic rings. The number of nitrogens with zero attached hydrogens (tertiary/aromatic N) is 1. The molecule has 8 nitrogen and oxygen atoms in total. The maximum absolute atomic E-state index is 11.9. The molecule has 0 saturated carbocycles. The van der Waals surface area contributed by atoms with Gasteiger partial charge in [-0.2, -0.15) is 0 Å². The number of carbonyl (C=O) groups excluding carboxylic acids is 2. The lowest BCUT2D eigenvalue weighted by Gasteiger charge is -2.07. The van der Waals surface area contributed by atoms with Crippen LogP contribution >= 0.6 is 0 Å². The van der Waals surface area contributed by atoms with Gasteiger partial charge in [-0.25, -0.2) is 0 Å². The van der Waals surface area contributed by atoms with Crippen molar-refractivity contribution in [3.8, 4) is 0 Å². The van der Waals surface area contributed by atoms with Gasteiger partial charge in [0.25, 0.3) is 11.6 Å². The number of hydrogen-bond donors (Lipinski definition) is 3. The molecule has 0 unspecified atom stereocenters. The Morgan fingerprint density at radius 1 is 1.33 bits per heavy atom. The van der Waals surface area contributed by atoms with Crippen LogP contribution in [0.5, 0.6) is 0 Å². The van der Waals surface area contributed by atoms with Crippen LogP contribution in [0.4, 0.5) is 11.4 Å². The Morgan fingerprint density at radius 3 is 2.62 bits per heavy atom. The summed E-state index contributed by atoms with van der Waals surface area (Å²) in [5.41, 5.74) is 5.53. The van der Waals surface area contributed by atoms with Crippen molar-refractivity contribution in [3.05, 3.63) is 33.9 Å². The van der Waals surface area contributed by atoms with Gasteiger partial charge in [-0.05, 0) is 25.0 Å². The van der Waals surface area contributed by atoms with E-state index < -0.39 is 4.92 Å². The van der Waals surface area contributed by atoms with Crippen molar-refractivity contribution in [2.75, 3.05) is 18.9 Å². The first-order chi connectivity index (χ1) is 9.95. The highest BCUT2D eigenvalue weighted by Crippen LogP contribution is 2.24. The summed E-state index contributed by atoms with van der Waals surface area (Å²) in [4.78, 5) is 32.7. The number of nitro benzene ring substituents is 1. The number of hydrogen-bond acceptors (Lipinski definition) is 5. The molecule has 1 aromatic carbocycles. The Labute approximate surface area is 121 Å². The minimum atomic E-state index is -0.517. The van der Waals surface area contributed by atoms with E-state index in [2.05, 4.69) is 10.6 Å². The number of rotatable bonds is 8. The Balaban J connectivity index is 2.58. The lowest BCUT2D eigenvalue weighted by molar-refractivity contribution is -0.383. The summed E-state index contributed by atoms with van der Waals surface area (Å²) in [6.45, 7) is 0.415. The Bertz CT molecular complexity index is 545. The number of benzene rings is 1. The fourth-order valence-electron chi connectivity index (χ4n) is 1.76. The number of amides is 2. The number of carbonyl (C=O) groups is 2. The summed E-state index contributed by atoms with van der Waals surface area (Å²) < 4.78 is 0. The van der Waals surface area contributed by atoms with Gasteiger partial charge >= 0.3 is 0 Å². The lowest BCUT2D eigenvalue weighted by atomic mass is 10.1. The van der Waals surface area contributed by atoms with Crippen LogP contribution in [0.1, 0.15) is 29.6 Å². The van der Waals surface area contributed by atoms with E-state index >= 15 is 0 Å². The topological polar surface area (TPSA) is 127 Å². The van der Waals surface area contributed by atoms with E-state index in [1.54, 1.807) is 7.05 Å². The second kappa shape index (κ2) is 7.83. The van der Waals surface area contributed by atoms with Gasteiger partial charge in [-0.1, -0.05) is 0 Å². The quantitative estimate of drug-likeness (QED) is 0.375. The van der Waals surface area contributed by atoms with Crippen molar-refractivity contribution in [2.24, 2.45) is 5.73 Å². The summed E-state index contributed by atoms with van der Waals surface area (Å²) in [5.74, 6) is -0.684. The normalized spacial score (nSPS) is 9.95. The second-order valence-corrected chi connectivity index (χ2v) is 4.42. The largest absolute Gasteiger partial charge is 0.383 e. The van der Waals surface area contributed by atoms with Gasteiger partial charge < -0.3 is 16.4 Å². The first-order valence-corrected chi connectivity index (χ1v) is 6.48. The molecule has 0 aliphatic carbocycles. The SMILES string of the molecule is CNc1cc(C(=O)NCCCCC(N)=O)ccc1[N+](=O)[O-]. The molecule has 21 heavy (non-hydrogen) atoms.